The SMILES string of the molecule is CC[C@@H](Oc1ccc(Cl)cc1)C(=O)Nc1ccc(N2CCOCC2)cc1. The molecule has 0 aliphatic carbocycles. The molecule has 0 unspecified atom stereocenters. The molecule has 0 radical (unpaired) electrons. The van der Waals surface area contributed by atoms with Gasteiger partial charge in [-0.1, -0.05) is 18.5 Å². The van der Waals surface area contributed by atoms with Gasteiger partial charge in [-0.05, 0) is 55.0 Å². The zero-order chi connectivity index (χ0) is 18.4. The Morgan fingerprint density at radius 1 is 1.15 bits per heavy atom. The molecule has 2 aromatic rings. The number of carbonyl (C=O) groups is 1. The Morgan fingerprint density at radius 3 is 2.42 bits per heavy atom. The van der Waals surface area contributed by atoms with E-state index < -0.39 is 6.10 Å². The summed E-state index contributed by atoms with van der Waals surface area (Å²) in [5.41, 5.74) is 1.89. The molecule has 0 saturated carbocycles. The third-order valence-electron chi connectivity index (χ3n) is 4.27. The van der Waals surface area contributed by atoms with Gasteiger partial charge >= 0.3 is 0 Å². The molecule has 1 amide bonds. The number of hydrogen-bond acceptors (Lipinski definition) is 4. The zero-order valence-electron chi connectivity index (χ0n) is 14.8. The maximum Gasteiger partial charge on any atom is 0.265 e. The summed E-state index contributed by atoms with van der Waals surface area (Å²) >= 11 is 5.88. The predicted molar refractivity (Wildman–Crippen MR) is 104 cm³/mol. The lowest BCUT2D eigenvalue weighted by atomic mass is 10.2. The van der Waals surface area contributed by atoms with Crippen molar-refractivity contribution in [3.63, 3.8) is 0 Å². The highest BCUT2D eigenvalue weighted by Crippen LogP contribution is 2.21. The molecule has 5 nitrogen and oxygen atoms in total. The molecule has 138 valence electrons. The molecular weight excluding hydrogens is 352 g/mol. The van der Waals surface area contributed by atoms with E-state index in [-0.39, 0.29) is 5.91 Å². The fourth-order valence-electron chi connectivity index (χ4n) is 2.80. The van der Waals surface area contributed by atoms with Gasteiger partial charge < -0.3 is 19.7 Å². The Balaban J connectivity index is 1.59. The quantitative estimate of drug-likeness (QED) is 0.831. The van der Waals surface area contributed by atoms with E-state index in [1.807, 2.05) is 31.2 Å². The molecule has 1 atom stereocenters. The summed E-state index contributed by atoms with van der Waals surface area (Å²) in [5.74, 6) is 0.459. The van der Waals surface area contributed by atoms with Gasteiger partial charge in [-0.2, -0.15) is 0 Å². The number of halogens is 1. The van der Waals surface area contributed by atoms with Crippen LogP contribution in [0.15, 0.2) is 48.5 Å². The van der Waals surface area contributed by atoms with Gasteiger partial charge in [0.2, 0.25) is 0 Å². The van der Waals surface area contributed by atoms with Crippen molar-refractivity contribution in [3.8, 4) is 5.75 Å². The maximum atomic E-state index is 12.5. The van der Waals surface area contributed by atoms with Crippen molar-refractivity contribution >= 4 is 28.9 Å². The molecule has 0 spiro atoms. The number of amides is 1. The minimum atomic E-state index is -0.560. The first-order chi connectivity index (χ1) is 12.7. The van der Waals surface area contributed by atoms with E-state index in [4.69, 9.17) is 21.1 Å². The normalized spacial score (nSPS) is 15.4. The maximum absolute atomic E-state index is 12.5. The van der Waals surface area contributed by atoms with Gasteiger partial charge in [-0.15, -0.1) is 0 Å². The number of nitrogens with one attached hydrogen (secondary N) is 1. The average Bonchev–Trinajstić information content (AvgIpc) is 2.68. The van der Waals surface area contributed by atoms with Crippen molar-refractivity contribution in [1.82, 2.24) is 0 Å². The van der Waals surface area contributed by atoms with Gasteiger partial charge in [0.25, 0.3) is 5.91 Å². The second-order valence-corrected chi connectivity index (χ2v) is 6.54. The van der Waals surface area contributed by atoms with Crippen molar-refractivity contribution in [2.24, 2.45) is 0 Å². The molecule has 1 heterocycles. The van der Waals surface area contributed by atoms with Crippen LogP contribution in [0.25, 0.3) is 0 Å². The highest BCUT2D eigenvalue weighted by molar-refractivity contribution is 6.30. The predicted octanol–water partition coefficient (Wildman–Crippen LogP) is 3.97. The van der Waals surface area contributed by atoms with Crippen LogP contribution in [0.2, 0.25) is 5.02 Å². The fourth-order valence-corrected chi connectivity index (χ4v) is 2.93. The summed E-state index contributed by atoms with van der Waals surface area (Å²) < 4.78 is 11.2. The van der Waals surface area contributed by atoms with Crippen LogP contribution in [-0.2, 0) is 9.53 Å². The lowest BCUT2D eigenvalue weighted by Crippen LogP contribution is -2.36. The first kappa shape index (κ1) is 18.5. The number of rotatable bonds is 6. The molecule has 1 N–H and O–H groups in total. The second-order valence-electron chi connectivity index (χ2n) is 6.10. The van der Waals surface area contributed by atoms with Crippen LogP contribution in [0.4, 0.5) is 11.4 Å². The van der Waals surface area contributed by atoms with Gasteiger partial charge in [0, 0.05) is 29.5 Å². The summed E-state index contributed by atoms with van der Waals surface area (Å²) in [6, 6.07) is 14.9. The summed E-state index contributed by atoms with van der Waals surface area (Å²) in [6.45, 7) is 5.19. The van der Waals surface area contributed by atoms with E-state index in [9.17, 15) is 4.79 Å². The van der Waals surface area contributed by atoms with Gasteiger partial charge in [0.15, 0.2) is 6.10 Å². The molecule has 0 bridgehead atoms. The van der Waals surface area contributed by atoms with E-state index in [1.165, 1.54) is 0 Å². The Kier molecular flexibility index (Phi) is 6.36. The molecule has 1 saturated heterocycles. The summed E-state index contributed by atoms with van der Waals surface area (Å²) in [5, 5.41) is 3.56. The minimum absolute atomic E-state index is 0.165. The topological polar surface area (TPSA) is 50.8 Å². The lowest BCUT2D eigenvalue weighted by Gasteiger charge is -2.29. The van der Waals surface area contributed by atoms with Gasteiger partial charge in [-0.3, -0.25) is 4.79 Å². The summed E-state index contributed by atoms with van der Waals surface area (Å²) in [4.78, 5) is 14.8. The lowest BCUT2D eigenvalue weighted by molar-refractivity contribution is -0.122. The highest BCUT2D eigenvalue weighted by atomic mass is 35.5. The highest BCUT2D eigenvalue weighted by Gasteiger charge is 2.19. The van der Waals surface area contributed by atoms with Gasteiger partial charge in [-0.25, -0.2) is 0 Å². The molecule has 2 aromatic carbocycles. The molecule has 1 fully saturated rings. The van der Waals surface area contributed by atoms with Crippen LogP contribution in [-0.4, -0.2) is 38.3 Å². The van der Waals surface area contributed by atoms with Crippen molar-refractivity contribution in [3.05, 3.63) is 53.6 Å². The monoisotopic (exact) mass is 374 g/mol. The van der Waals surface area contributed by atoms with Crippen LogP contribution in [0.5, 0.6) is 5.75 Å². The second kappa shape index (κ2) is 8.92. The molecule has 3 rings (SSSR count). The number of morpholine rings is 1. The number of carbonyl (C=O) groups excluding carboxylic acids is 1. The van der Waals surface area contributed by atoms with Crippen LogP contribution >= 0.6 is 11.6 Å². The van der Waals surface area contributed by atoms with E-state index in [1.54, 1.807) is 24.3 Å². The number of benzene rings is 2. The van der Waals surface area contributed by atoms with Gasteiger partial charge in [0.1, 0.15) is 5.75 Å². The van der Waals surface area contributed by atoms with Crippen molar-refractivity contribution in [2.75, 3.05) is 36.5 Å². The average molecular weight is 375 g/mol. The first-order valence-corrected chi connectivity index (χ1v) is 9.19. The number of nitrogens with zero attached hydrogens (tertiary/aromatic N) is 1. The van der Waals surface area contributed by atoms with Crippen molar-refractivity contribution in [1.29, 1.82) is 0 Å². The van der Waals surface area contributed by atoms with Gasteiger partial charge in [0.05, 0.1) is 13.2 Å². The molecule has 6 heteroatoms. The number of anilines is 2. The Hall–Kier alpha value is -2.24. The van der Waals surface area contributed by atoms with Crippen molar-refractivity contribution in [2.45, 2.75) is 19.4 Å². The fraction of sp³-hybridized carbons (Fsp3) is 0.350. The van der Waals surface area contributed by atoms with E-state index >= 15 is 0 Å². The smallest absolute Gasteiger partial charge is 0.265 e. The Morgan fingerprint density at radius 2 is 1.81 bits per heavy atom. The third kappa shape index (κ3) is 4.90. The Bertz CT molecular complexity index is 713. The molecule has 26 heavy (non-hydrogen) atoms. The largest absolute Gasteiger partial charge is 0.481 e. The van der Waals surface area contributed by atoms with Crippen LogP contribution in [0.3, 0.4) is 0 Å². The summed E-state index contributed by atoms with van der Waals surface area (Å²) in [6.07, 6.45) is 0.00967. The number of ether oxygens (including phenoxy) is 2. The van der Waals surface area contributed by atoms with E-state index in [2.05, 4.69) is 10.2 Å². The van der Waals surface area contributed by atoms with Crippen LogP contribution in [0.1, 0.15) is 13.3 Å². The molecule has 1 aliphatic rings. The van der Waals surface area contributed by atoms with E-state index in [0.717, 1.165) is 37.7 Å². The Labute approximate surface area is 158 Å². The zero-order valence-corrected chi connectivity index (χ0v) is 15.5. The minimum Gasteiger partial charge on any atom is -0.481 e. The van der Waals surface area contributed by atoms with E-state index in [0.29, 0.717) is 17.2 Å². The molecule has 1 aliphatic heterocycles. The third-order valence-corrected chi connectivity index (χ3v) is 4.52. The van der Waals surface area contributed by atoms with Crippen molar-refractivity contribution < 1.29 is 14.3 Å². The van der Waals surface area contributed by atoms with Crippen LogP contribution < -0.4 is 15.0 Å². The number of hydrogen-bond donors (Lipinski definition) is 1. The molecular formula is C20H23ClN2O3. The van der Waals surface area contributed by atoms with Crippen LogP contribution in [0, 0.1) is 0 Å². The standard InChI is InChI=1S/C20H23ClN2O3/c1-2-19(26-18-9-3-15(21)4-10-18)20(24)22-16-5-7-17(8-6-16)23-11-13-25-14-12-23/h3-10,19H,2,11-14H2,1H3,(H,22,24)/t19-/m1/s1. The summed E-state index contributed by atoms with van der Waals surface area (Å²) in [7, 11) is 0. The first-order valence-electron chi connectivity index (χ1n) is 8.81. The molecule has 0 aromatic heterocycles.